The van der Waals surface area contributed by atoms with Crippen LogP contribution in [0.2, 0.25) is 0 Å². The van der Waals surface area contributed by atoms with Crippen molar-refractivity contribution in [1.29, 1.82) is 0 Å². The van der Waals surface area contributed by atoms with E-state index in [4.69, 9.17) is 4.74 Å². The summed E-state index contributed by atoms with van der Waals surface area (Å²) in [5, 5.41) is 13.4. The molecule has 0 atom stereocenters. The van der Waals surface area contributed by atoms with Crippen molar-refractivity contribution in [2.75, 3.05) is 50.6 Å². The second kappa shape index (κ2) is 8.45. The summed E-state index contributed by atoms with van der Waals surface area (Å²) in [6.45, 7) is 3.87. The molecule has 150 valence electrons. The highest BCUT2D eigenvalue weighted by Gasteiger charge is 2.20. The van der Waals surface area contributed by atoms with Gasteiger partial charge in [-0.25, -0.2) is 0 Å². The average molecular weight is 391 g/mol. The Morgan fingerprint density at radius 1 is 1.00 bits per heavy atom. The number of anilines is 2. The van der Waals surface area contributed by atoms with Gasteiger partial charge in [0.15, 0.2) is 11.5 Å². The van der Waals surface area contributed by atoms with Crippen molar-refractivity contribution in [2.45, 2.75) is 6.42 Å². The predicted octanol–water partition coefficient (Wildman–Crippen LogP) is 3.03. The molecule has 1 saturated heterocycles. The molecule has 2 heterocycles. The van der Waals surface area contributed by atoms with Crippen LogP contribution in [0, 0.1) is 0 Å². The molecule has 0 unspecified atom stereocenters. The van der Waals surface area contributed by atoms with E-state index in [0.717, 1.165) is 49.2 Å². The summed E-state index contributed by atoms with van der Waals surface area (Å²) in [6, 6.07) is 15.1. The van der Waals surface area contributed by atoms with Crippen LogP contribution in [0.1, 0.15) is 16.9 Å². The summed E-state index contributed by atoms with van der Waals surface area (Å²) < 4.78 is 5.22. The van der Waals surface area contributed by atoms with Gasteiger partial charge in [0.2, 0.25) is 0 Å². The third-order valence-corrected chi connectivity index (χ3v) is 5.23. The van der Waals surface area contributed by atoms with Crippen molar-refractivity contribution >= 4 is 28.2 Å². The molecule has 3 aromatic rings. The molecule has 2 aromatic carbocycles. The zero-order chi connectivity index (χ0) is 20.2. The maximum Gasteiger partial charge on any atom is 0.276 e. The Morgan fingerprint density at radius 3 is 2.66 bits per heavy atom. The van der Waals surface area contributed by atoms with Crippen molar-refractivity contribution in [2.24, 2.45) is 0 Å². The number of aromatic nitrogens is 2. The number of fused-ring (bicyclic) bond motifs is 1. The zero-order valence-corrected chi connectivity index (χ0v) is 16.8. The fourth-order valence-electron chi connectivity index (χ4n) is 3.64. The minimum absolute atomic E-state index is 0.288. The molecular weight excluding hydrogens is 366 g/mol. The quantitative estimate of drug-likeness (QED) is 0.737. The fraction of sp³-hybridized carbons (Fsp3) is 0.318. The summed E-state index contributed by atoms with van der Waals surface area (Å²) in [4.78, 5) is 17.5. The van der Waals surface area contributed by atoms with Gasteiger partial charge in [0.25, 0.3) is 5.91 Å². The number of carbonyl (C=O) groups is 1. The van der Waals surface area contributed by atoms with Crippen LogP contribution in [0.15, 0.2) is 48.5 Å². The van der Waals surface area contributed by atoms with Gasteiger partial charge in [-0.05, 0) is 32.1 Å². The molecule has 1 aliphatic rings. The smallest absolute Gasteiger partial charge is 0.276 e. The Bertz CT molecular complexity index is 1020. The first-order valence-electron chi connectivity index (χ1n) is 9.80. The largest absolute Gasteiger partial charge is 0.497 e. The van der Waals surface area contributed by atoms with Crippen molar-refractivity contribution < 1.29 is 9.53 Å². The van der Waals surface area contributed by atoms with Crippen LogP contribution in [0.25, 0.3) is 10.8 Å². The molecular formula is C22H25N5O2. The van der Waals surface area contributed by atoms with E-state index in [1.165, 1.54) is 0 Å². The van der Waals surface area contributed by atoms with E-state index < -0.39 is 0 Å². The van der Waals surface area contributed by atoms with Crippen molar-refractivity contribution in [3.05, 3.63) is 54.2 Å². The highest BCUT2D eigenvalue weighted by molar-refractivity contribution is 6.12. The Hall–Kier alpha value is -3.19. The van der Waals surface area contributed by atoms with Gasteiger partial charge in [0, 0.05) is 42.2 Å². The first kappa shape index (κ1) is 19.1. The van der Waals surface area contributed by atoms with Crippen LogP contribution >= 0.6 is 0 Å². The Kier molecular flexibility index (Phi) is 5.57. The van der Waals surface area contributed by atoms with Crippen LogP contribution in [-0.2, 0) is 0 Å². The number of nitrogens with one attached hydrogen (secondary N) is 1. The monoisotopic (exact) mass is 391 g/mol. The second-order valence-electron chi connectivity index (χ2n) is 7.25. The number of carbonyl (C=O) groups excluding carboxylic acids is 1. The number of hydrogen-bond acceptors (Lipinski definition) is 6. The van der Waals surface area contributed by atoms with Crippen LogP contribution in [-0.4, -0.2) is 61.3 Å². The highest BCUT2D eigenvalue weighted by Crippen LogP contribution is 2.27. The molecule has 0 saturated carbocycles. The predicted molar refractivity (Wildman–Crippen MR) is 115 cm³/mol. The standard InChI is InChI=1S/C22H25N5O2/c1-26-11-6-12-27(14-13-26)21-19-10-4-3-9-18(19)20(24-25-21)22(28)23-16-7-5-8-17(15-16)29-2/h3-5,7-10,15H,6,11-14H2,1-2H3,(H,23,28). The normalized spacial score (nSPS) is 15.2. The van der Waals surface area contributed by atoms with E-state index in [1.54, 1.807) is 13.2 Å². The summed E-state index contributed by atoms with van der Waals surface area (Å²) in [5.41, 5.74) is 0.971. The summed E-state index contributed by atoms with van der Waals surface area (Å²) in [7, 11) is 3.73. The molecule has 0 spiro atoms. The minimum Gasteiger partial charge on any atom is -0.497 e. The molecule has 0 aliphatic carbocycles. The van der Waals surface area contributed by atoms with Crippen molar-refractivity contribution in [1.82, 2.24) is 15.1 Å². The lowest BCUT2D eigenvalue weighted by atomic mass is 10.1. The van der Waals surface area contributed by atoms with Crippen molar-refractivity contribution in [3.8, 4) is 5.75 Å². The molecule has 7 nitrogen and oxygen atoms in total. The van der Waals surface area contributed by atoms with Gasteiger partial charge in [-0.2, -0.15) is 0 Å². The SMILES string of the molecule is COc1cccc(NC(=O)c2nnc(N3CCCN(C)CC3)c3ccccc23)c1. The molecule has 1 fully saturated rings. The first-order chi connectivity index (χ1) is 14.2. The number of likely N-dealkylation sites (N-methyl/N-ethyl adjacent to an activating group) is 1. The van der Waals surface area contributed by atoms with Gasteiger partial charge in [-0.15, -0.1) is 10.2 Å². The summed E-state index contributed by atoms with van der Waals surface area (Å²) in [5.74, 6) is 1.23. The molecule has 1 amide bonds. The number of rotatable bonds is 4. The zero-order valence-electron chi connectivity index (χ0n) is 16.8. The fourth-order valence-corrected chi connectivity index (χ4v) is 3.64. The van der Waals surface area contributed by atoms with Gasteiger partial charge >= 0.3 is 0 Å². The van der Waals surface area contributed by atoms with E-state index in [9.17, 15) is 4.79 Å². The molecule has 0 bridgehead atoms. The van der Waals surface area contributed by atoms with Gasteiger partial charge < -0.3 is 19.9 Å². The average Bonchev–Trinajstić information content (AvgIpc) is 2.97. The number of benzene rings is 2. The van der Waals surface area contributed by atoms with Crippen molar-refractivity contribution in [3.63, 3.8) is 0 Å². The molecule has 4 rings (SSSR count). The second-order valence-corrected chi connectivity index (χ2v) is 7.25. The third kappa shape index (κ3) is 4.14. The first-order valence-corrected chi connectivity index (χ1v) is 9.80. The molecule has 1 aromatic heterocycles. The Morgan fingerprint density at radius 2 is 1.83 bits per heavy atom. The summed E-state index contributed by atoms with van der Waals surface area (Å²) >= 11 is 0. The Balaban J connectivity index is 1.66. The number of ether oxygens (including phenoxy) is 1. The molecule has 7 heteroatoms. The van der Waals surface area contributed by atoms with E-state index in [2.05, 4.69) is 32.4 Å². The highest BCUT2D eigenvalue weighted by atomic mass is 16.5. The summed E-state index contributed by atoms with van der Waals surface area (Å²) in [6.07, 6.45) is 1.07. The lowest BCUT2D eigenvalue weighted by Gasteiger charge is -2.23. The van der Waals surface area contributed by atoms with Crippen LogP contribution < -0.4 is 15.0 Å². The lowest BCUT2D eigenvalue weighted by Crippen LogP contribution is -2.30. The van der Waals surface area contributed by atoms with Crippen LogP contribution in [0.3, 0.4) is 0 Å². The van der Waals surface area contributed by atoms with Gasteiger partial charge in [-0.3, -0.25) is 4.79 Å². The number of amides is 1. The molecule has 29 heavy (non-hydrogen) atoms. The van der Waals surface area contributed by atoms with E-state index >= 15 is 0 Å². The molecule has 0 radical (unpaired) electrons. The topological polar surface area (TPSA) is 70.6 Å². The molecule has 1 N–H and O–H groups in total. The van der Waals surface area contributed by atoms with Gasteiger partial charge in [-0.1, -0.05) is 30.3 Å². The maximum atomic E-state index is 12.9. The van der Waals surface area contributed by atoms with Gasteiger partial charge in [0.05, 0.1) is 7.11 Å². The maximum absolute atomic E-state index is 12.9. The Labute approximate surface area is 170 Å². The third-order valence-electron chi connectivity index (χ3n) is 5.23. The number of hydrogen-bond donors (Lipinski definition) is 1. The van der Waals surface area contributed by atoms with E-state index in [0.29, 0.717) is 17.1 Å². The molecule has 1 aliphatic heterocycles. The van der Waals surface area contributed by atoms with Gasteiger partial charge in [0.1, 0.15) is 5.75 Å². The van der Waals surface area contributed by atoms with E-state index in [1.807, 2.05) is 42.5 Å². The number of methoxy groups -OCH3 is 1. The number of nitrogens with zero attached hydrogens (tertiary/aromatic N) is 4. The van der Waals surface area contributed by atoms with Crippen LogP contribution in [0.4, 0.5) is 11.5 Å². The van der Waals surface area contributed by atoms with E-state index in [-0.39, 0.29) is 5.91 Å². The minimum atomic E-state index is -0.288. The van der Waals surface area contributed by atoms with Crippen LogP contribution in [0.5, 0.6) is 5.75 Å². The lowest BCUT2D eigenvalue weighted by molar-refractivity contribution is 0.102.